The maximum absolute atomic E-state index is 12.7. The fourth-order valence-corrected chi connectivity index (χ4v) is 8.23. The number of hydrogen-bond donors (Lipinski definition) is 2. The largest absolute Gasteiger partial charge is 0.480 e. The lowest BCUT2D eigenvalue weighted by molar-refractivity contribution is -0.116. The zero-order chi connectivity index (χ0) is 41.5. The zero-order valence-electron chi connectivity index (χ0n) is 34.3. The number of nitrogens with one attached hydrogen (secondary N) is 1. The van der Waals surface area contributed by atoms with E-state index in [1.807, 2.05) is 62.4 Å². The summed E-state index contributed by atoms with van der Waals surface area (Å²) in [7, 11) is 0. The summed E-state index contributed by atoms with van der Waals surface area (Å²) >= 11 is 7.28. The highest BCUT2D eigenvalue weighted by molar-refractivity contribution is 6.32. The van der Waals surface area contributed by atoms with Crippen LogP contribution in [0.15, 0.2) is 117 Å². The first-order valence-electron chi connectivity index (χ1n) is 19.8. The topological polar surface area (TPSA) is 133 Å². The van der Waals surface area contributed by atoms with Crippen molar-refractivity contribution < 1.29 is 14.6 Å². The van der Waals surface area contributed by atoms with Crippen LogP contribution in [-0.4, -0.2) is 29.8 Å². The lowest BCUT2D eigenvalue weighted by Gasteiger charge is -2.36. The van der Waals surface area contributed by atoms with Crippen LogP contribution in [0.4, 0.5) is 11.4 Å². The summed E-state index contributed by atoms with van der Waals surface area (Å²) in [5.74, 6) is 0.318. The highest BCUT2D eigenvalue weighted by Gasteiger charge is 2.41. The molecule has 0 bridgehead atoms. The quantitative estimate of drug-likeness (QED) is 0.162. The minimum atomic E-state index is -0.919. The van der Waals surface area contributed by atoms with Gasteiger partial charge in [-0.2, -0.15) is 15.8 Å². The molecule has 1 amide bonds. The SMILES string of the molecule is CC1(C)OC(=C(C#N)C#N)C(C#N)=C1C=CC1=C(Cl)C(=CC=C2N(CCCCCC(=O)Nc3ccc(CCO)cc3)c3ccccc3C2(C)C)CC(C(C)(C)C)C1. The molecule has 1 unspecified atom stereocenters. The van der Waals surface area contributed by atoms with Crippen LogP contribution in [0.3, 0.4) is 0 Å². The van der Waals surface area contributed by atoms with E-state index in [9.17, 15) is 20.6 Å². The Balaban J connectivity index is 1.39. The van der Waals surface area contributed by atoms with Crippen LogP contribution >= 0.6 is 11.6 Å². The van der Waals surface area contributed by atoms with Gasteiger partial charge in [0.1, 0.15) is 29.4 Å². The van der Waals surface area contributed by atoms with Gasteiger partial charge in [-0.15, -0.1) is 0 Å². The van der Waals surface area contributed by atoms with Crippen LogP contribution in [-0.2, 0) is 21.4 Å². The van der Waals surface area contributed by atoms with E-state index in [2.05, 4.69) is 87.3 Å². The van der Waals surface area contributed by atoms with E-state index in [-0.39, 0.29) is 40.2 Å². The number of nitriles is 3. The number of allylic oxidation sites excluding steroid dienone is 9. The summed E-state index contributed by atoms with van der Waals surface area (Å²) in [5.41, 5.74) is 6.85. The Hall–Kier alpha value is -5.33. The van der Waals surface area contributed by atoms with Gasteiger partial charge in [0.25, 0.3) is 0 Å². The summed E-state index contributed by atoms with van der Waals surface area (Å²) in [6.07, 6.45) is 13.5. The Morgan fingerprint density at radius 3 is 2.33 bits per heavy atom. The van der Waals surface area contributed by atoms with E-state index in [1.165, 1.54) is 16.9 Å². The number of carbonyl (C=O) groups is 1. The highest BCUT2D eigenvalue weighted by Crippen LogP contribution is 2.49. The molecular weight excluding hydrogens is 730 g/mol. The Kier molecular flexibility index (Phi) is 13.4. The minimum Gasteiger partial charge on any atom is -0.480 e. The number of rotatable bonds is 12. The standard InChI is InChI=1S/C48H54ClN5O3/c1-46(2,3)36-27-33(18-22-39-38(31-52)45(35(29-50)30-51)57-48(39,6)7)44(49)34(28-36)19-23-42-47(4,5)40-13-10-11-14-41(40)54(42)25-12-8-9-15-43(56)53-37-20-16-32(17-21-37)24-26-55/h10-11,13-14,16-23,36,55H,8-9,12,15,24-28H2,1-7H3,(H,53,56). The van der Waals surface area contributed by atoms with E-state index in [1.54, 1.807) is 0 Å². The second-order valence-corrected chi connectivity index (χ2v) is 17.5. The van der Waals surface area contributed by atoms with Crippen LogP contribution in [0, 0.1) is 45.3 Å². The molecule has 2 aliphatic heterocycles. The summed E-state index contributed by atoms with van der Waals surface area (Å²) in [4.78, 5) is 15.1. The second-order valence-electron chi connectivity index (χ2n) is 17.2. The van der Waals surface area contributed by atoms with Crippen LogP contribution < -0.4 is 10.2 Å². The van der Waals surface area contributed by atoms with Crippen LogP contribution in [0.25, 0.3) is 0 Å². The monoisotopic (exact) mass is 783 g/mol. The van der Waals surface area contributed by atoms with Gasteiger partial charge in [-0.25, -0.2) is 0 Å². The van der Waals surface area contributed by atoms with Crippen molar-refractivity contribution >= 4 is 28.9 Å². The molecule has 2 heterocycles. The average molecular weight is 784 g/mol. The van der Waals surface area contributed by atoms with Crippen molar-refractivity contribution in [3.63, 3.8) is 0 Å². The Morgan fingerprint density at radius 1 is 0.982 bits per heavy atom. The third-order valence-electron chi connectivity index (χ3n) is 11.4. The smallest absolute Gasteiger partial charge is 0.224 e. The molecule has 2 aromatic carbocycles. The molecule has 9 heteroatoms. The summed E-state index contributed by atoms with van der Waals surface area (Å²) < 4.78 is 6.00. The van der Waals surface area contributed by atoms with E-state index >= 15 is 0 Å². The number of nitrogens with zero attached hydrogens (tertiary/aromatic N) is 4. The first-order chi connectivity index (χ1) is 27.0. The average Bonchev–Trinajstić information content (AvgIpc) is 3.55. The van der Waals surface area contributed by atoms with Crippen molar-refractivity contribution in [2.24, 2.45) is 11.3 Å². The molecule has 2 N–H and O–H groups in total. The lowest BCUT2D eigenvalue weighted by atomic mass is 9.70. The van der Waals surface area contributed by atoms with Crippen molar-refractivity contribution in [1.82, 2.24) is 0 Å². The molecule has 2 aromatic rings. The molecule has 0 spiro atoms. The number of aliphatic hydroxyl groups is 1. The van der Waals surface area contributed by atoms with Gasteiger partial charge in [-0.05, 0) is 104 Å². The van der Waals surface area contributed by atoms with Crippen molar-refractivity contribution in [1.29, 1.82) is 15.8 Å². The Morgan fingerprint density at radius 2 is 1.68 bits per heavy atom. The minimum absolute atomic E-state index is 0.00111. The number of amides is 1. The number of aliphatic hydroxyl groups excluding tert-OH is 1. The van der Waals surface area contributed by atoms with Crippen molar-refractivity contribution in [2.75, 3.05) is 23.4 Å². The molecule has 3 aliphatic rings. The maximum Gasteiger partial charge on any atom is 0.224 e. The van der Waals surface area contributed by atoms with Gasteiger partial charge in [0.15, 0.2) is 11.3 Å². The third kappa shape index (κ3) is 9.62. The molecule has 5 rings (SSSR count). The molecule has 296 valence electrons. The zero-order valence-corrected chi connectivity index (χ0v) is 35.1. The van der Waals surface area contributed by atoms with E-state index < -0.39 is 5.60 Å². The maximum atomic E-state index is 12.7. The number of benzene rings is 2. The van der Waals surface area contributed by atoms with Gasteiger partial charge in [-0.1, -0.05) is 101 Å². The number of hydrogen-bond acceptors (Lipinski definition) is 7. The first kappa shape index (κ1) is 42.8. The first-order valence-corrected chi connectivity index (χ1v) is 20.2. The molecule has 0 saturated carbocycles. The normalized spacial score (nSPS) is 20.1. The van der Waals surface area contributed by atoms with Crippen molar-refractivity contribution in [3.8, 4) is 18.2 Å². The number of para-hydroxylation sites is 1. The Bertz CT molecular complexity index is 2170. The molecule has 0 fully saturated rings. The lowest BCUT2D eigenvalue weighted by Crippen LogP contribution is -2.27. The van der Waals surface area contributed by atoms with E-state index in [4.69, 9.17) is 21.4 Å². The van der Waals surface area contributed by atoms with Gasteiger partial charge in [-0.3, -0.25) is 4.79 Å². The van der Waals surface area contributed by atoms with Crippen molar-refractivity contribution in [3.05, 3.63) is 128 Å². The van der Waals surface area contributed by atoms with Crippen LogP contribution in [0.5, 0.6) is 0 Å². The molecular formula is C48H54ClN5O3. The van der Waals surface area contributed by atoms with Gasteiger partial charge >= 0.3 is 0 Å². The molecule has 8 nitrogen and oxygen atoms in total. The number of ether oxygens (including phenoxy) is 1. The van der Waals surface area contributed by atoms with Gasteiger partial charge < -0.3 is 20.1 Å². The fraction of sp³-hybridized carbons (Fsp3) is 0.417. The summed E-state index contributed by atoms with van der Waals surface area (Å²) in [6, 6.07) is 22.1. The summed E-state index contributed by atoms with van der Waals surface area (Å²) in [5, 5.41) is 41.9. The highest BCUT2D eigenvalue weighted by atomic mass is 35.5. The van der Waals surface area contributed by atoms with Gasteiger partial charge in [0, 0.05) is 52.7 Å². The number of halogens is 1. The molecule has 57 heavy (non-hydrogen) atoms. The fourth-order valence-electron chi connectivity index (χ4n) is 7.95. The van der Waals surface area contributed by atoms with Gasteiger partial charge in [0.05, 0.1) is 0 Å². The molecule has 0 radical (unpaired) electrons. The second kappa shape index (κ2) is 17.9. The predicted molar refractivity (Wildman–Crippen MR) is 228 cm³/mol. The van der Waals surface area contributed by atoms with E-state index in [0.717, 1.165) is 61.0 Å². The summed E-state index contributed by atoms with van der Waals surface area (Å²) in [6.45, 7) is 15.8. The number of fused-ring (bicyclic) bond motifs is 1. The number of carbonyl (C=O) groups excluding carboxylic acids is 1. The van der Waals surface area contributed by atoms with E-state index in [0.29, 0.717) is 29.4 Å². The van der Waals surface area contributed by atoms with Crippen LogP contribution in [0.1, 0.15) is 98.1 Å². The molecule has 0 saturated heterocycles. The Labute approximate surface area is 343 Å². The number of anilines is 2. The van der Waals surface area contributed by atoms with Crippen LogP contribution in [0.2, 0.25) is 0 Å². The third-order valence-corrected chi connectivity index (χ3v) is 11.9. The molecule has 1 aliphatic carbocycles. The van der Waals surface area contributed by atoms with Crippen molar-refractivity contribution in [2.45, 2.75) is 104 Å². The number of unbranched alkanes of at least 4 members (excludes halogenated alkanes) is 2. The predicted octanol–water partition coefficient (Wildman–Crippen LogP) is 10.8. The molecule has 1 atom stereocenters. The molecule has 0 aromatic heterocycles. The van der Waals surface area contributed by atoms with Gasteiger partial charge in [0.2, 0.25) is 5.91 Å².